The molecule has 154 valence electrons. The molecule has 1 aliphatic heterocycles. The Morgan fingerprint density at radius 3 is 2.68 bits per heavy atom. The summed E-state index contributed by atoms with van der Waals surface area (Å²) in [4.78, 5) is 0. The van der Waals surface area contributed by atoms with Crippen LogP contribution in [0.4, 0.5) is 0 Å². The summed E-state index contributed by atoms with van der Waals surface area (Å²) in [6.07, 6.45) is 17.1. The predicted molar refractivity (Wildman–Crippen MR) is 106 cm³/mol. The van der Waals surface area contributed by atoms with Gasteiger partial charge in [-0.2, -0.15) is 0 Å². The first-order valence-corrected chi connectivity index (χ1v) is 11.8. The zero-order valence-corrected chi connectivity index (χ0v) is 17.1. The number of aryl methyl sites for hydroxylation is 1. The number of fused-ring (bicyclic) bond motifs is 5. The Labute approximate surface area is 168 Å². The molecule has 2 spiro atoms. The van der Waals surface area contributed by atoms with Crippen molar-refractivity contribution in [2.24, 2.45) is 34.5 Å². The largest absolute Gasteiger partial charge is 0.396 e. The van der Waals surface area contributed by atoms with Crippen molar-refractivity contribution >= 4 is 0 Å². The number of aliphatic hydroxyl groups excluding tert-OH is 1. The molecule has 5 fully saturated rings. The maximum Gasteiger partial charge on any atom is 0.0827 e. The third-order valence-electron chi connectivity index (χ3n) is 9.37. The van der Waals surface area contributed by atoms with Crippen LogP contribution in [0.5, 0.6) is 0 Å². The molecule has 0 radical (unpaired) electrons. The van der Waals surface area contributed by atoms with Gasteiger partial charge in [-0.05, 0) is 99.2 Å². The van der Waals surface area contributed by atoms with E-state index in [1.807, 2.05) is 0 Å². The number of hydrogen-bond acceptors (Lipinski definition) is 4. The third-order valence-corrected chi connectivity index (χ3v) is 9.37. The summed E-state index contributed by atoms with van der Waals surface area (Å²) < 4.78 is 8.70. The highest BCUT2D eigenvalue weighted by Gasteiger charge is 2.68. The summed E-state index contributed by atoms with van der Waals surface area (Å²) in [6, 6.07) is 0. The molecule has 1 N–H and O–H groups in total. The van der Waals surface area contributed by atoms with Crippen LogP contribution in [0.15, 0.2) is 6.20 Å². The first-order chi connectivity index (χ1) is 13.7. The minimum Gasteiger partial charge on any atom is -0.396 e. The molecule has 4 saturated carbocycles. The lowest BCUT2D eigenvalue weighted by Crippen LogP contribution is -2.35. The van der Waals surface area contributed by atoms with Gasteiger partial charge < -0.3 is 9.84 Å². The molecule has 1 aromatic heterocycles. The summed E-state index contributed by atoms with van der Waals surface area (Å²) in [5, 5.41) is 17.7. The van der Waals surface area contributed by atoms with Crippen LogP contribution in [0.3, 0.4) is 0 Å². The summed E-state index contributed by atoms with van der Waals surface area (Å²) in [7, 11) is 0. The fraction of sp³-hybridized carbons (Fsp3) is 0.913. The Hall–Kier alpha value is -0.940. The average Bonchev–Trinajstić information content (AvgIpc) is 3.52. The van der Waals surface area contributed by atoms with E-state index in [9.17, 15) is 0 Å². The SMILES string of the molecule is OCCCCc1cn(CC2COC3C2CCC2(CC2)C2CCC4(CC4)C32)nn1. The molecule has 5 unspecified atom stereocenters. The number of unbranched alkanes of at least 4 members (excludes halogenated alkanes) is 1. The zero-order valence-electron chi connectivity index (χ0n) is 17.1. The number of aliphatic hydroxyl groups is 1. The van der Waals surface area contributed by atoms with E-state index in [1.54, 1.807) is 0 Å². The zero-order chi connectivity index (χ0) is 18.8. The fourth-order valence-electron chi connectivity index (χ4n) is 7.55. The van der Waals surface area contributed by atoms with E-state index in [2.05, 4.69) is 21.2 Å². The van der Waals surface area contributed by atoms with E-state index in [1.165, 1.54) is 51.4 Å². The maximum absolute atomic E-state index is 8.96. The quantitative estimate of drug-likeness (QED) is 0.760. The molecule has 0 amide bonds. The minimum atomic E-state index is 0.266. The van der Waals surface area contributed by atoms with Crippen molar-refractivity contribution in [3.8, 4) is 0 Å². The van der Waals surface area contributed by atoms with Gasteiger partial charge in [0.15, 0.2) is 0 Å². The van der Waals surface area contributed by atoms with Crippen molar-refractivity contribution in [2.45, 2.75) is 83.3 Å². The lowest BCUT2D eigenvalue weighted by Gasteiger charge is -2.34. The Balaban J connectivity index is 1.18. The molecule has 2 heterocycles. The van der Waals surface area contributed by atoms with Crippen molar-refractivity contribution in [1.29, 1.82) is 0 Å². The Morgan fingerprint density at radius 1 is 1.07 bits per heavy atom. The van der Waals surface area contributed by atoms with Crippen molar-refractivity contribution in [1.82, 2.24) is 15.0 Å². The van der Waals surface area contributed by atoms with Gasteiger partial charge in [-0.3, -0.25) is 4.68 Å². The van der Waals surface area contributed by atoms with Gasteiger partial charge in [0.05, 0.1) is 18.4 Å². The van der Waals surface area contributed by atoms with Gasteiger partial charge in [0, 0.05) is 25.3 Å². The molecule has 28 heavy (non-hydrogen) atoms. The van der Waals surface area contributed by atoms with Crippen LogP contribution in [0, 0.1) is 34.5 Å². The molecule has 5 atom stereocenters. The number of ether oxygens (including phenoxy) is 1. The highest BCUT2D eigenvalue weighted by atomic mass is 16.5. The van der Waals surface area contributed by atoms with E-state index in [0.717, 1.165) is 55.9 Å². The van der Waals surface area contributed by atoms with Crippen molar-refractivity contribution in [3.05, 3.63) is 11.9 Å². The van der Waals surface area contributed by atoms with Crippen LogP contribution in [-0.4, -0.2) is 39.4 Å². The van der Waals surface area contributed by atoms with Gasteiger partial charge in [0.25, 0.3) is 0 Å². The number of hydrogen-bond donors (Lipinski definition) is 1. The number of rotatable bonds is 6. The van der Waals surface area contributed by atoms with Crippen molar-refractivity contribution < 1.29 is 9.84 Å². The topological polar surface area (TPSA) is 60.2 Å². The van der Waals surface area contributed by atoms with E-state index in [-0.39, 0.29) is 6.61 Å². The molecule has 4 aliphatic carbocycles. The Bertz CT molecular complexity index is 723. The van der Waals surface area contributed by atoms with Gasteiger partial charge in [0.2, 0.25) is 0 Å². The van der Waals surface area contributed by atoms with Gasteiger partial charge >= 0.3 is 0 Å². The van der Waals surface area contributed by atoms with Crippen LogP contribution in [0.1, 0.15) is 69.9 Å². The second-order valence-electron chi connectivity index (χ2n) is 10.8. The van der Waals surface area contributed by atoms with Crippen LogP contribution in [0.25, 0.3) is 0 Å². The highest BCUT2D eigenvalue weighted by molar-refractivity contribution is 5.17. The van der Waals surface area contributed by atoms with Crippen LogP contribution in [0.2, 0.25) is 0 Å². The molecular formula is C23H35N3O2. The second kappa shape index (κ2) is 6.53. The second-order valence-corrected chi connectivity index (χ2v) is 10.8. The summed E-state index contributed by atoms with van der Waals surface area (Å²) >= 11 is 0. The van der Waals surface area contributed by atoms with E-state index in [0.29, 0.717) is 22.9 Å². The normalized spacial score (nSPS) is 39.1. The highest BCUT2D eigenvalue weighted by Crippen LogP contribution is 2.74. The molecule has 5 heteroatoms. The predicted octanol–water partition coefficient (Wildman–Crippen LogP) is 3.60. The molecule has 5 aliphatic rings. The fourth-order valence-corrected chi connectivity index (χ4v) is 7.55. The number of aromatic nitrogens is 3. The molecule has 0 aromatic carbocycles. The Kier molecular flexibility index (Phi) is 4.17. The van der Waals surface area contributed by atoms with Gasteiger partial charge in [-0.25, -0.2) is 0 Å². The van der Waals surface area contributed by atoms with E-state index in [4.69, 9.17) is 9.84 Å². The van der Waals surface area contributed by atoms with Crippen molar-refractivity contribution in [3.63, 3.8) is 0 Å². The maximum atomic E-state index is 8.96. The van der Waals surface area contributed by atoms with Gasteiger partial charge in [-0.1, -0.05) is 5.21 Å². The summed E-state index contributed by atoms with van der Waals surface area (Å²) in [5.74, 6) is 3.15. The third kappa shape index (κ3) is 2.79. The molecule has 5 nitrogen and oxygen atoms in total. The first kappa shape index (κ1) is 17.9. The molecule has 1 aromatic rings. The molecule has 6 rings (SSSR count). The first-order valence-electron chi connectivity index (χ1n) is 11.8. The van der Waals surface area contributed by atoms with Crippen LogP contribution >= 0.6 is 0 Å². The molecule has 0 bridgehead atoms. The summed E-state index contributed by atoms with van der Waals surface area (Å²) in [6.45, 7) is 2.15. The van der Waals surface area contributed by atoms with E-state index >= 15 is 0 Å². The molecule has 1 saturated heterocycles. The lowest BCUT2D eigenvalue weighted by molar-refractivity contribution is 0.000621. The minimum absolute atomic E-state index is 0.266. The lowest BCUT2D eigenvalue weighted by atomic mass is 9.74. The van der Waals surface area contributed by atoms with Crippen LogP contribution in [-0.2, 0) is 17.7 Å². The monoisotopic (exact) mass is 385 g/mol. The van der Waals surface area contributed by atoms with E-state index < -0.39 is 0 Å². The van der Waals surface area contributed by atoms with Gasteiger partial charge in [0.1, 0.15) is 0 Å². The van der Waals surface area contributed by atoms with Crippen LogP contribution < -0.4 is 0 Å². The average molecular weight is 386 g/mol. The Morgan fingerprint density at radius 2 is 1.89 bits per heavy atom. The van der Waals surface area contributed by atoms with Gasteiger partial charge in [-0.15, -0.1) is 5.10 Å². The van der Waals surface area contributed by atoms with Crippen molar-refractivity contribution in [2.75, 3.05) is 13.2 Å². The smallest absolute Gasteiger partial charge is 0.0827 e. The summed E-state index contributed by atoms with van der Waals surface area (Å²) in [5.41, 5.74) is 2.45. The standard InChI is InChI=1S/C23H35N3O2/c27-12-2-1-3-17-14-26(25-24-17)13-16-15-28-21-18(16)4-6-22(8-9-22)19-5-7-23(10-11-23)20(19)21/h14,16,18-21,27H,1-13,15H2. The number of nitrogens with zero attached hydrogens (tertiary/aromatic N) is 3. The molecular weight excluding hydrogens is 350 g/mol.